The number of ether oxygens (including phenoxy) is 1. The van der Waals surface area contributed by atoms with Gasteiger partial charge in [0.1, 0.15) is 11.5 Å². The fourth-order valence-electron chi connectivity index (χ4n) is 1.62. The lowest BCUT2D eigenvalue weighted by atomic mass is 10.1. The second-order valence-electron chi connectivity index (χ2n) is 3.92. The Morgan fingerprint density at radius 2 is 1.50 bits per heavy atom. The van der Waals surface area contributed by atoms with E-state index < -0.39 is 0 Å². The van der Waals surface area contributed by atoms with Gasteiger partial charge >= 0.3 is 0 Å². The highest BCUT2D eigenvalue weighted by Gasteiger charge is 1.98. The van der Waals surface area contributed by atoms with E-state index in [0.29, 0.717) is 12.1 Å². The molecule has 0 aliphatic heterocycles. The van der Waals surface area contributed by atoms with E-state index in [-0.39, 0.29) is 0 Å². The summed E-state index contributed by atoms with van der Waals surface area (Å²) in [5.74, 6) is 1.50. The van der Waals surface area contributed by atoms with Crippen molar-refractivity contribution in [3.05, 3.63) is 59.7 Å². The summed E-state index contributed by atoms with van der Waals surface area (Å²) in [5, 5.41) is 8.70. The Bertz CT molecular complexity index is 538. The molecule has 2 N–H and O–H groups in total. The van der Waals surface area contributed by atoms with Crippen LogP contribution in [0.25, 0.3) is 0 Å². The molecule has 0 saturated heterocycles. The van der Waals surface area contributed by atoms with Crippen molar-refractivity contribution in [2.75, 3.05) is 6.54 Å². The molecule has 0 spiro atoms. The molecule has 0 saturated carbocycles. The van der Waals surface area contributed by atoms with Gasteiger partial charge in [-0.25, -0.2) is 0 Å². The number of hydrogen-bond acceptors (Lipinski definition) is 3. The number of nitriles is 1. The Morgan fingerprint density at radius 3 is 2.00 bits per heavy atom. The van der Waals surface area contributed by atoms with Crippen LogP contribution in [0.15, 0.2) is 48.5 Å². The zero-order valence-corrected chi connectivity index (χ0v) is 9.97. The molecule has 0 aliphatic rings. The maximum atomic E-state index is 8.70. The Labute approximate surface area is 106 Å². The van der Waals surface area contributed by atoms with Gasteiger partial charge in [0, 0.05) is 0 Å². The highest BCUT2D eigenvalue weighted by atomic mass is 16.5. The van der Waals surface area contributed by atoms with Gasteiger partial charge in [-0.3, -0.25) is 0 Å². The van der Waals surface area contributed by atoms with E-state index in [4.69, 9.17) is 15.7 Å². The third-order valence-corrected chi connectivity index (χ3v) is 2.58. The van der Waals surface area contributed by atoms with Crippen molar-refractivity contribution in [3.63, 3.8) is 0 Å². The van der Waals surface area contributed by atoms with Crippen LogP contribution in [0.4, 0.5) is 0 Å². The summed E-state index contributed by atoms with van der Waals surface area (Å²) in [4.78, 5) is 0. The smallest absolute Gasteiger partial charge is 0.127 e. The summed E-state index contributed by atoms with van der Waals surface area (Å²) < 4.78 is 5.67. The molecule has 0 fully saturated rings. The minimum absolute atomic E-state index is 0.626. The minimum Gasteiger partial charge on any atom is -0.457 e. The summed E-state index contributed by atoms with van der Waals surface area (Å²) >= 11 is 0. The first kappa shape index (κ1) is 12.2. The summed E-state index contributed by atoms with van der Waals surface area (Å²) in [5.41, 5.74) is 7.32. The topological polar surface area (TPSA) is 59.0 Å². The molecule has 0 heterocycles. The van der Waals surface area contributed by atoms with Crippen molar-refractivity contribution in [2.24, 2.45) is 5.73 Å². The SMILES string of the molecule is N#Cc1ccc(Oc2ccc(CCN)cc2)cc1. The molecule has 0 unspecified atom stereocenters. The molecule has 0 bridgehead atoms. The highest BCUT2D eigenvalue weighted by molar-refractivity contribution is 5.37. The van der Waals surface area contributed by atoms with Crippen LogP contribution >= 0.6 is 0 Å². The van der Waals surface area contributed by atoms with Crippen LogP contribution in [0.3, 0.4) is 0 Å². The summed E-state index contributed by atoms with van der Waals surface area (Å²) in [6.07, 6.45) is 0.872. The Kier molecular flexibility index (Phi) is 3.95. The van der Waals surface area contributed by atoms with E-state index in [1.54, 1.807) is 24.3 Å². The summed E-state index contributed by atoms with van der Waals surface area (Å²) in [6.45, 7) is 0.649. The van der Waals surface area contributed by atoms with Gasteiger partial charge in [0.15, 0.2) is 0 Å². The Balaban J connectivity index is 2.06. The van der Waals surface area contributed by atoms with E-state index in [2.05, 4.69) is 6.07 Å². The van der Waals surface area contributed by atoms with Crippen molar-refractivity contribution in [1.82, 2.24) is 0 Å². The van der Waals surface area contributed by atoms with Crippen molar-refractivity contribution < 1.29 is 4.74 Å². The molecule has 0 aromatic heterocycles. The van der Waals surface area contributed by atoms with E-state index in [9.17, 15) is 0 Å². The largest absolute Gasteiger partial charge is 0.457 e. The van der Waals surface area contributed by atoms with Gasteiger partial charge in [0.25, 0.3) is 0 Å². The predicted octanol–water partition coefficient (Wildman–Crippen LogP) is 2.85. The fourth-order valence-corrected chi connectivity index (χ4v) is 1.62. The van der Waals surface area contributed by atoms with Gasteiger partial charge in [-0.15, -0.1) is 0 Å². The molecule has 0 radical (unpaired) electrons. The first-order valence-corrected chi connectivity index (χ1v) is 5.79. The molecule has 0 atom stereocenters. The zero-order valence-electron chi connectivity index (χ0n) is 9.97. The second kappa shape index (κ2) is 5.85. The number of hydrogen-bond donors (Lipinski definition) is 1. The second-order valence-corrected chi connectivity index (χ2v) is 3.92. The fraction of sp³-hybridized carbons (Fsp3) is 0.133. The lowest BCUT2D eigenvalue weighted by Gasteiger charge is -2.06. The Morgan fingerprint density at radius 1 is 0.944 bits per heavy atom. The summed E-state index contributed by atoms with van der Waals surface area (Å²) in [7, 11) is 0. The first-order chi connectivity index (χ1) is 8.81. The van der Waals surface area contributed by atoms with Crippen LogP contribution < -0.4 is 10.5 Å². The molecule has 2 aromatic carbocycles. The van der Waals surface area contributed by atoms with Crippen molar-refractivity contribution in [2.45, 2.75) is 6.42 Å². The molecule has 3 heteroatoms. The molecule has 2 rings (SSSR count). The van der Waals surface area contributed by atoms with E-state index >= 15 is 0 Å². The van der Waals surface area contributed by atoms with Gasteiger partial charge < -0.3 is 10.5 Å². The molecule has 2 aromatic rings. The third kappa shape index (κ3) is 3.09. The number of nitrogens with zero attached hydrogens (tertiary/aromatic N) is 1. The lowest BCUT2D eigenvalue weighted by molar-refractivity contribution is 0.482. The van der Waals surface area contributed by atoms with Gasteiger partial charge in [0.2, 0.25) is 0 Å². The zero-order chi connectivity index (χ0) is 12.8. The standard InChI is InChI=1S/C15H14N2O/c16-10-9-12-1-5-14(6-2-12)18-15-7-3-13(11-17)4-8-15/h1-8H,9-10,16H2. The number of rotatable bonds is 4. The van der Waals surface area contributed by atoms with Crippen molar-refractivity contribution in [3.8, 4) is 17.6 Å². The predicted molar refractivity (Wildman–Crippen MR) is 70.4 cm³/mol. The molecule has 0 amide bonds. The monoisotopic (exact) mass is 238 g/mol. The lowest BCUT2D eigenvalue weighted by Crippen LogP contribution is -2.02. The molecule has 0 aliphatic carbocycles. The summed E-state index contributed by atoms with van der Waals surface area (Å²) in [6, 6.07) is 17.0. The Hall–Kier alpha value is -2.31. The van der Waals surface area contributed by atoms with Gasteiger partial charge in [-0.2, -0.15) is 5.26 Å². The van der Waals surface area contributed by atoms with Crippen LogP contribution in [0.1, 0.15) is 11.1 Å². The van der Waals surface area contributed by atoms with Crippen molar-refractivity contribution in [1.29, 1.82) is 5.26 Å². The average molecular weight is 238 g/mol. The van der Waals surface area contributed by atoms with E-state index in [1.165, 1.54) is 5.56 Å². The van der Waals surface area contributed by atoms with Gasteiger partial charge in [-0.05, 0) is 54.9 Å². The molecule has 3 nitrogen and oxygen atoms in total. The van der Waals surface area contributed by atoms with Crippen LogP contribution in [0, 0.1) is 11.3 Å². The third-order valence-electron chi connectivity index (χ3n) is 2.58. The van der Waals surface area contributed by atoms with E-state index in [1.807, 2.05) is 24.3 Å². The molecule has 90 valence electrons. The normalized spacial score (nSPS) is 9.78. The van der Waals surface area contributed by atoms with Crippen LogP contribution in [0.2, 0.25) is 0 Å². The molecular formula is C15H14N2O. The minimum atomic E-state index is 0.626. The highest BCUT2D eigenvalue weighted by Crippen LogP contribution is 2.21. The maximum Gasteiger partial charge on any atom is 0.127 e. The molecular weight excluding hydrogens is 224 g/mol. The molecule has 18 heavy (non-hydrogen) atoms. The van der Waals surface area contributed by atoms with Crippen LogP contribution in [0.5, 0.6) is 11.5 Å². The van der Waals surface area contributed by atoms with Crippen LogP contribution in [-0.4, -0.2) is 6.54 Å². The van der Waals surface area contributed by atoms with Crippen molar-refractivity contribution >= 4 is 0 Å². The van der Waals surface area contributed by atoms with Crippen LogP contribution in [-0.2, 0) is 6.42 Å². The van der Waals surface area contributed by atoms with Gasteiger partial charge in [0.05, 0.1) is 11.6 Å². The maximum absolute atomic E-state index is 8.70. The van der Waals surface area contributed by atoms with Gasteiger partial charge in [-0.1, -0.05) is 12.1 Å². The quantitative estimate of drug-likeness (QED) is 0.891. The number of benzene rings is 2. The average Bonchev–Trinajstić information content (AvgIpc) is 2.42. The number of nitrogens with two attached hydrogens (primary N) is 1. The first-order valence-electron chi connectivity index (χ1n) is 5.79. The van der Waals surface area contributed by atoms with E-state index in [0.717, 1.165) is 17.9 Å².